The number of ether oxygens (including phenoxy) is 1. The molecule has 1 saturated heterocycles. The second-order valence-electron chi connectivity index (χ2n) is 9.01. The van der Waals surface area contributed by atoms with Crippen LogP contribution in [0.25, 0.3) is 0 Å². The van der Waals surface area contributed by atoms with Crippen LogP contribution in [0, 0.1) is 0 Å². The first kappa shape index (κ1) is 28.2. The molecule has 0 radical (unpaired) electrons. The van der Waals surface area contributed by atoms with Gasteiger partial charge in [0.1, 0.15) is 0 Å². The van der Waals surface area contributed by atoms with Gasteiger partial charge in [-0.25, -0.2) is 4.99 Å². The molecule has 1 fully saturated rings. The van der Waals surface area contributed by atoms with Crippen LogP contribution in [0.4, 0.5) is 0 Å². The van der Waals surface area contributed by atoms with Gasteiger partial charge < -0.3 is 25.6 Å². The summed E-state index contributed by atoms with van der Waals surface area (Å²) in [6.45, 7) is 14.3. The van der Waals surface area contributed by atoms with Crippen LogP contribution in [-0.4, -0.2) is 66.6 Å². The third kappa shape index (κ3) is 9.72. The van der Waals surface area contributed by atoms with Crippen molar-refractivity contribution >= 4 is 41.8 Å². The lowest BCUT2D eigenvalue weighted by molar-refractivity contribution is -0.121. The molecule has 3 N–H and O–H groups in total. The SMILES string of the molecule is CCNC(=NCc1ccc(C(=O)N2CC(C)OC(C)C2)cc1)NCC(=O)NC(C)(C)C.I. The van der Waals surface area contributed by atoms with Crippen LogP contribution < -0.4 is 16.0 Å². The zero-order valence-corrected chi connectivity index (χ0v) is 22.4. The van der Waals surface area contributed by atoms with Crippen molar-refractivity contribution in [2.45, 2.75) is 65.8 Å². The number of benzene rings is 1. The summed E-state index contributed by atoms with van der Waals surface area (Å²) in [6.07, 6.45) is 0.0903. The fourth-order valence-corrected chi connectivity index (χ4v) is 3.42. The Morgan fingerprint density at radius 1 is 1.09 bits per heavy atom. The molecule has 1 aromatic carbocycles. The number of amides is 2. The van der Waals surface area contributed by atoms with Gasteiger partial charge >= 0.3 is 0 Å². The maximum atomic E-state index is 12.8. The zero-order valence-electron chi connectivity index (χ0n) is 20.0. The molecule has 2 atom stereocenters. The standard InChI is InChI=1S/C23H37N5O3.HI/c1-7-24-22(26-13-20(29)27-23(4,5)6)25-12-18-8-10-19(11-9-18)21(30)28-14-16(2)31-17(3)15-28;/h8-11,16-17H,7,12-15H2,1-6H3,(H,27,29)(H2,24,25,26);1H. The lowest BCUT2D eigenvalue weighted by Crippen LogP contribution is -2.48. The average molecular weight is 559 g/mol. The number of morpholine rings is 1. The van der Waals surface area contributed by atoms with Gasteiger partial charge in [-0.15, -0.1) is 24.0 Å². The number of halogens is 1. The van der Waals surface area contributed by atoms with E-state index in [-0.39, 0.29) is 60.1 Å². The number of rotatable bonds is 6. The minimum Gasteiger partial charge on any atom is -0.372 e. The Balaban J connectivity index is 0.00000512. The normalized spacial score (nSPS) is 19.1. The van der Waals surface area contributed by atoms with Crippen LogP contribution in [0.2, 0.25) is 0 Å². The van der Waals surface area contributed by atoms with Gasteiger partial charge in [0.15, 0.2) is 5.96 Å². The van der Waals surface area contributed by atoms with Crippen molar-refractivity contribution in [1.29, 1.82) is 0 Å². The smallest absolute Gasteiger partial charge is 0.254 e. The summed E-state index contributed by atoms with van der Waals surface area (Å²) >= 11 is 0. The molecular weight excluding hydrogens is 521 g/mol. The summed E-state index contributed by atoms with van der Waals surface area (Å²) in [6, 6.07) is 7.52. The molecule has 32 heavy (non-hydrogen) atoms. The number of guanidine groups is 1. The molecule has 9 heteroatoms. The Hall–Kier alpha value is -1.88. The topological polar surface area (TPSA) is 95.1 Å². The number of carbonyl (C=O) groups is 2. The Kier molecular flexibility index (Phi) is 11.4. The Bertz CT molecular complexity index is 767. The van der Waals surface area contributed by atoms with Crippen molar-refractivity contribution < 1.29 is 14.3 Å². The van der Waals surface area contributed by atoms with E-state index >= 15 is 0 Å². The molecule has 0 spiro atoms. The molecular formula is C23H38IN5O3. The van der Waals surface area contributed by atoms with E-state index in [1.165, 1.54) is 0 Å². The van der Waals surface area contributed by atoms with E-state index in [1.54, 1.807) is 0 Å². The number of hydrogen-bond acceptors (Lipinski definition) is 4. The quantitative estimate of drug-likeness (QED) is 0.283. The highest BCUT2D eigenvalue weighted by Gasteiger charge is 2.26. The third-order valence-electron chi connectivity index (χ3n) is 4.60. The van der Waals surface area contributed by atoms with Crippen LogP contribution in [0.5, 0.6) is 0 Å². The Labute approximate surface area is 209 Å². The number of nitrogens with zero attached hydrogens (tertiary/aromatic N) is 2. The molecule has 8 nitrogen and oxygen atoms in total. The molecule has 2 unspecified atom stereocenters. The maximum Gasteiger partial charge on any atom is 0.254 e. The van der Waals surface area contributed by atoms with Crippen LogP contribution in [0.15, 0.2) is 29.3 Å². The summed E-state index contributed by atoms with van der Waals surface area (Å²) < 4.78 is 5.71. The molecule has 0 saturated carbocycles. The van der Waals surface area contributed by atoms with Gasteiger partial charge in [-0.1, -0.05) is 12.1 Å². The zero-order chi connectivity index (χ0) is 23.0. The van der Waals surface area contributed by atoms with E-state index in [0.717, 1.165) is 5.56 Å². The van der Waals surface area contributed by atoms with E-state index in [2.05, 4.69) is 20.9 Å². The predicted octanol–water partition coefficient (Wildman–Crippen LogP) is 2.52. The van der Waals surface area contributed by atoms with Crippen LogP contribution in [0.1, 0.15) is 57.5 Å². The molecule has 0 aromatic heterocycles. The monoisotopic (exact) mass is 559 g/mol. The minimum absolute atomic E-state index is 0. The van der Waals surface area contributed by atoms with Gasteiger partial charge in [0.25, 0.3) is 5.91 Å². The Morgan fingerprint density at radius 3 is 2.22 bits per heavy atom. The second kappa shape index (κ2) is 13.0. The molecule has 0 aliphatic carbocycles. The van der Waals surface area contributed by atoms with Gasteiger partial charge in [-0.3, -0.25) is 9.59 Å². The van der Waals surface area contributed by atoms with Gasteiger partial charge in [0.2, 0.25) is 5.91 Å². The summed E-state index contributed by atoms with van der Waals surface area (Å²) in [7, 11) is 0. The van der Waals surface area contributed by atoms with Crippen LogP contribution >= 0.6 is 24.0 Å². The van der Waals surface area contributed by atoms with Crippen LogP contribution in [-0.2, 0) is 16.1 Å². The highest BCUT2D eigenvalue weighted by molar-refractivity contribution is 14.0. The first-order chi connectivity index (χ1) is 14.6. The average Bonchev–Trinajstić information content (AvgIpc) is 2.68. The number of aliphatic imine (C=N–C) groups is 1. The molecule has 2 rings (SSSR count). The summed E-state index contributed by atoms with van der Waals surface area (Å²) in [4.78, 5) is 31.2. The number of hydrogen-bond donors (Lipinski definition) is 3. The number of carbonyl (C=O) groups excluding carboxylic acids is 2. The summed E-state index contributed by atoms with van der Waals surface area (Å²) in [5.74, 6) is 0.507. The van der Waals surface area contributed by atoms with Crippen molar-refractivity contribution in [3.8, 4) is 0 Å². The molecule has 1 aliphatic heterocycles. The second-order valence-corrected chi connectivity index (χ2v) is 9.01. The van der Waals surface area contributed by atoms with Gasteiger partial charge in [-0.05, 0) is 59.2 Å². The highest BCUT2D eigenvalue weighted by atomic mass is 127. The fourth-order valence-electron chi connectivity index (χ4n) is 3.42. The summed E-state index contributed by atoms with van der Waals surface area (Å²) in [5, 5.41) is 9.10. The maximum absolute atomic E-state index is 12.8. The molecule has 180 valence electrons. The molecule has 2 amide bonds. The van der Waals surface area contributed by atoms with E-state index in [1.807, 2.05) is 70.7 Å². The Morgan fingerprint density at radius 2 is 1.69 bits per heavy atom. The lowest BCUT2D eigenvalue weighted by atomic mass is 10.1. The fraction of sp³-hybridized carbons (Fsp3) is 0.609. The number of nitrogens with one attached hydrogen (secondary N) is 3. The molecule has 0 bridgehead atoms. The van der Waals surface area contributed by atoms with Crippen molar-refractivity contribution in [2.75, 3.05) is 26.2 Å². The van der Waals surface area contributed by atoms with Crippen molar-refractivity contribution in [3.63, 3.8) is 0 Å². The van der Waals surface area contributed by atoms with Crippen molar-refractivity contribution in [3.05, 3.63) is 35.4 Å². The van der Waals surface area contributed by atoms with Gasteiger partial charge in [0.05, 0.1) is 25.3 Å². The highest BCUT2D eigenvalue weighted by Crippen LogP contribution is 2.15. The molecule has 1 heterocycles. The van der Waals surface area contributed by atoms with E-state index in [0.29, 0.717) is 37.7 Å². The van der Waals surface area contributed by atoms with Gasteiger partial charge in [0, 0.05) is 30.7 Å². The largest absolute Gasteiger partial charge is 0.372 e. The molecule has 1 aromatic rings. The van der Waals surface area contributed by atoms with E-state index < -0.39 is 0 Å². The first-order valence-corrected chi connectivity index (χ1v) is 10.9. The van der Waals surface area contributed by atoms with Crippen molar-refractivity contribution in [1.82, 2.24) is 20.9 Å². The van der Waals surface area contributed by atoms with E-state index in [9.17, 15) is 9.59 Å². The van der Waals surface area contributed by atoms with Crippen molar-refractivity contribution in [2.24, 2.45) is 4.99 Å². The van der Waals surface area contributed by atoms with Crippen LogP contribution in [0.3, 0.4) is 0 Å². The first-order valence-electron chi connectivity index (χ1n) is 10.9. The molecule has 1 aliphatic rings. The lowest BCUT2D eigenvalue weighted by Gasteiger charge is -2.35. The predicted molar refractivity (Wildman–Crippen MR) is 138 cm³/mol. The minimum atomic E-state index is -0.273. The third-order valence-corrected chi connectivity index (χ3v) is 4.60. The van der Waals surface area contributed by atoms with Gasteiger partial charge in [-0.2, -0.15) is 0 Å². The van der Waals surface area contributed by atoms with E-state index in [4.69, 9.17) is 4.74 Å². The summed E-state index contributed by atoms with van der Waals surface area (Å²) in [5.41, 5.74) is 1.37.